The lowest BCUT2D eigenvalue weighted by molar-refractivity contribution is -0.142. The van der Waals surface area contributed by atoms with E-state index < -0.39 is 146 Å². The van der Waals surface area contributed by atoms with Gasteiger partial charge in [0.05, 0.1) is 32.3 Å². The molecule has 27 heteroatoms. The molecule has 0 aliphatic rings. The summed E-state index contributed by atoms with van der Waals surface area (Å²) in [5.74, 6) is -10.3. The van der Waals surface area contributed by atoms with Crippen molar-refractivity contribution in [2.75, 3.05) is 39.4 Å². The number of carboxylic acids is 1. The molecule has 0 saturated carbocycles. The summed E-state index contributed by atoms with van der Waals surface area (Å²) in [7, 11) is 0. The minimum atomic E-state index is -1.65. The molecule has 0 aliphatic heterocycles. The van der Waals surface area contributed by atoms with Crippen molar-refractivity contribution < 1.29 is 73.5 Å². The van der Waals surface area contributed by atoms with Gasteiger partial charge in [-0.3, -0.25) is 43.2 Å². The Balaban J connectivity index is 2.24. The van der Waals surface area contributed by atoms with E-state index in [1.165, 1.54) is 36.4 Å². The van der Waals surface area contributed by atoms with Crippen LogP contribution in [0.4, 0.5) is 0 Å². The molecule has 0 spiro atoms. The van der Waals surface area contributed by atoms with E-state index >= 15 is 0 Å². The maximum Gasteiger partial charge on any atom is 0.326 e. The van der Waals surface area contributed by atoms with E-state index in [1.807, 2.05) is 0 Å². The van der Waals surface area contributed by atoms with E-state index in [9.17, 15) is 73.5 Å². The van der Waals surface area contributed by atoms with Gasteiger partial charge in [0.2, 0.25) is 53.2 Å². The van der Waals surface area contributed by atoms with Gasteiger partial charge in [0, 0.05) is 6.42 Å². The second-order valence-electron chi connectivity index (χ2n) is 19.2. The number of carboxylic acid groups (broad SMARTS) is 1. The molecule has 0 radical (unpaired) electrons. The van der Waals surface area contributed by atoms with Gasteiger partial charge in [-0.2, -0.15) is 0 Å². The summed E-state index contributed by atoms with van der Waals surface area (Å²) >= 11 is 0. The average molecular weight is 1120 g/mol. The molecule has 0 aliphatic carbocycles. The van der Waals surface area contributed by atoms with Crippen molar-refractivity contribution in [1.82, 2.24) is 47.9 Å². The Bertz CT molecular complexity index is 2310. The topological polar surface area (TPSA) is 458 Å². The van der Waals surface area contributed by atoms with Crippen molar-refractivity contribution in [3.05, 3.63) is 59.7 Å². The first-order valence-electron chi connectivity index (χ1n) is 26.3. The van der Waals surface area contributed by atoms with E-state index in [0.717, 1.165) is 0 Å². The number of carbonyl (C=O) groups excluding carboxylic acids is 9. The van der Waals surface area contributed by atoms with Crippen LogP contribution in [-0.2, 0) is 60.8 Å². The molecule has 10 atom stereocenters. The highest BCUT2D eigenvalue weighted by molar-refractivity contribution is 5.97. The number of nitrogens with two attached hydrogens (primary N) is 3. The third-order valence-corrected chi connectivity index (χ3v) is 13.0. The van der Waals surface area contributed by atoms with Crippen molar-refractivity contribution in [3.8, 4) is 11.5 Å². The molecule has 0 fully saturated rings. The van der Waals surface area contributed by atoms with Gasteiger partial charge in [0.15, 0.2) is 0 Å². The van der Waals surface area contributed by atoms with Crippen molar-refractivity contribution in [1.29, 1.82) is 0 Å². The van der Waals surface area contributed by atoms with E-state index in [4.69, 9.17) is 17.2 Å². The number of amides is 9. The predicted molar refractivity (Wildman–Crippen MR) is 288 cm³/mol. The number of nitrogens with one attached hydrogen (secondary N) is 9. The molecular weight excluding hydrogens is 1030 g/mol. The number of benzene rings is 2. The molecule has 79 heavy (non-hydrogen) atoms. The maximum atomic E-state index is 14.2. The van der Waals surface area contributed by atoms with Gasteiger partial charge in [0.25, 0.3) is 0 Å². The van der Waals surface area contributed by atoms with Crippen LogP contribution in [0.2, 0.25) is 0 Å². The number of phenolic OH excluding ortho intramolecular Hbond substituents is 2. The quantitative estimate of drug-likeness (QED) is 0.0289. The Labute approximate surface area is 459 Å². The predicted octanol–water partition coefficient (Wildman–Crippen LogP) is -3.74. The highest BCUT2D eigenvalue weighted by Crippen LogP contribution is 2.16. The molecular formula is C52H82N12O15. The summed E-state index contributed by atoms with van der Waals surface area (Å²) in [5, 5.41) is 71.1. The fraction of sp³-hybridized carbons (Fsp3) is 0.577. The van der Waals surface area contributed by atoms with Gasteiger partial charge in [-0.15, -0.1) is 0 Å². The van der Waals surface area contributed by atoms with Crippen molar-refractivity contribution in [2.24, 2.45) is 29.0 Å². The first kappa shape index (κ1) is 67.6. The molecule has 0 unspecified atom stereocenters. The normalized spacial score (nSPS) is 14.8. The number of aliphatic hydroxyl groups is 2. The minimum absolute atomic E-state index is 0.0327. The first-order valence-corrected chi connectivity index (χ1v) is 26.3. The molecule has 440 valence electrons. The molecule has 20 N–H and O–H groups in total. The highest BCUT2D eigenvalue weighted by atomic mass is 16.4. The fourth-order valence-corrected chi connectivity index (χ4v) is 7.74. The van der Waals surface area contributed by atoms with Crippen LogP contribution in [0.15, 0.2) is 48.5 Å². The van der Waals surface area contributed by atoms with Gasteiger partial charge in [0.1, 0.15) is 53.8 Å². The van der Waals surface area contributed by atoms with Gasteiger partial charge in [-0.25, -0.2) is 4.79 Å². The molecule has 27 nitrogen and oxygen atoms in total. The number of phenols is 2. The molecule has 2 rings (SSSR count). The van der Waals surface area contributed by atoms with E-state index in [0.29, 0.717) is 49.8 Å². The Morgan fingerprint density at radius 3 is 1.24 bits per heavy atom. The van der Waals surface area contributed by atoms with Crippen LogP contribution in [0.5, 0.6) is 11.5 Å². The lowest BCUT2D eigenvalue weighted by Gasteiger charge is -2.28. The summed E-state index contributed by atoms with van der Waals surface area (Å²) < 4.78 is 0. The Morgan fingerprint density at radius 2 is 0.835 bits per heavy atom. The van der Waals surface area contributed by atoms with E-state index in [-0.39, 0.29) is 50.1 Å². The minimum Gasteiger partial charge on any atom is -0.508 e. The number of unbranched alkanes of at least 4 members (excludes halogenated alkanes) is 2. The summed E-state index contributed by atoms with van der Waals surface area (Å²) in [6, 6.07) is 0.809. The number of carbonyl (C=O) groups is 10. The maximum absolute atomic E-state index is 14.2. The third kappa shape index (κ3) is 24.4. The van der Waals surface area contributed by atoms with Gasteiger partial charge >= 0.3 is 5.97 Å². The van der Waals surface area contributed by atoms with Crippen LogP contribution >= 0.6 is 0 Å². The number of aliphatic carboxylic acids is 1. The van der Waals surface area contributed by atoms with Crippen molar-refractivity contribution in [2.45, 2.75) is 140 Å². The Morgan fingerprint density at radius 1 is 0.468 bits per heavy atom. The Kier molecular flexibility index (Phi) is 30.7. The summed E-state index contributed by atoms with van der Waals surface area (Å²) in [4.78, 5) is 133. The van der Waals surface area contributed by atoms with Crippen molar-refractivity contribution in [3.63, 3.8) is 0 Å². The molecule has 9 amide bonds. The van der Waals surface area contributed by atoms with Crippen LogP contribution in [0.1, 0.15) is 90.2 Å². The lowest BCUT2D eigenvalue weighted by Crippen LogP contribution is -2.60. The number of hydrogen-bond acceptors (Lipinski definition) is 17. The van der Waals surface area contributed by atoms with Crippen LogP contribution in [-0.4, -0.2) is 172 Å². The molecule has 0 bridgehead atoms. The zero-order chi connectivity index (χ0) is 59.2. The summed E-state index contributed by atoms with van der Waals surface area (Å²) in [5.41, 5.74) is 18.4. The van der Waals surface area contributed by atoms with Crippen LogP contribution in [0.25, 0.3) is 0 Å². The van der Waals surface area contributed by atoms with E-state index in [1.54, 1.807) is 39.8 Å². The number of rotatable bonds is 37. The number of hydrogen-bond donors (Lipinski definition) is 17. The SMILES string of the molecule is CC[C@H](C)[C@H](NC(=O)[C@H](Cc1ccc(O)cc1)NC(=O)[C@H](CCCCN)NC(=O)[C@H](CO)NC(=O)CNC(=O)[C@@H](NC(=O)[C@@H](N)Cc1ccc(O)cc1)[C@@H](C)CC)C(=O)NCC(=O)N[C@@H](CO)C(=O)N[C@@H](CCCCN)C(=O)O. The largest absolute Gasteiger partial charge is 0.508 e. The van der Waals surface area contributed by atoms with Gasteiger partial charge in [-0.05, 0) is 105 Å². The number of aliphatic hydroxyl groups excluding tert-OH is 2. The highest BCUT2D eigenvalue weighted by Gasteiger charge is 2.34. The molecule has 2 aromatic carbocycles. The molecule has 0 saturated heterocycles. The lowest BCUT2D eigenvalue weighted by atomic mass is 9.97. The number of aromatic hydroxyl groups is 2. The second-order valence-corrected chi connectivity index (χ2v) is 19.2. The van der Waals surface area contributed by atoms with E-state index in [2.05, 4.69) is 47.9 Å². The van der Waals surface area contributed by atoms with Gasteiger partial charge < -0.3 is 90.6 Å². The fourth-order valence-electron chi connectivity index (χ4n) is 7.74. The first-order chi connectivity index (χ1) is 37.5. The molecule has 0 heterocycles. The molecule has 2 aromatic rings. The second kappa shape index (κ2) is 35.9. The zero-order valence-electron chi connectivity index (χ0n) is 45.3. The van der Waals surface area contributed by atoms with Gasteiger partial charge in [-0.1, -0.05) is 64.8 Å². The standard InChI is InChI=1S/C52H82N12O15/c1-5-29(3)43(63-45(71)35(55)23-31-13-17-33(67)18-14-31)50(76)56-25-41(69)58-39(27-65)48(74)60-36(11-7-9-21-53)46(72)62-38(24-32-15-19-34(68)20-16-32)47(73)64-44(30(4)6-2)51(77)57-26-42(70)59-40(28-66)49(75)61-37(52(78)79)12-8-10-22-54/h13-20,29-30,35-40,43-44,65-68H,5-12,21-28,53-55H2,1-4H3,(H,56,76)(H,57,77)(H,58,69)(H,59,70)(H,60,74)(H,61,75)(H,62,72)(H,63,71)(H,64,73)(H,78,79)/t29-,30-,35-,36-,37-,38-,39-,40-,43-,44-/m0/s1. The molecule has 0 aromatic heterocycles. The van der Waals surface area contributed by atoms with Crippen LogP contribution in [0.3, 0.4) is 0 Å². The smallest absolute Gasteiger partial charge is 0.326 e. The Hall–Kier alpha value is -7.46. The monoisotopic (exact) mass is 1110 g/mol. The van der Waals surface area contributed by atoms with Crippen LogP contribution in [0, 0.1) is 11.8 Å². The summed E-state index contributed by atoms with van der Waals surface area (Å²) in [6.07, 6.45) is 2.23. The third-order valence-electron chi connectivity index (χ3n) is 13.0. The van der Waals surface area contributed by atoms with Crippen molar-refractivity contribution >= 4 is 59.1 Å². The average Bonchev–Trinajstić information content (AvgIpc) is 3.43. The van der Waals surface area contributed by atoms with Crippen LogP contribution < -0.4 is 65.1 Å². The zero-order valence-corrected chi connectivity index (χ0v) is 45.3. The summed E-state index contributed by atoms with van der Waals surface area (Å²) in [6.45, 7) is 4.06.